The van der Waals surface area contributed by atoms with Gasteiger partial charge in [-0.05, 0) is 19.0 Å². The molecule has 0 radical (unpaired) electrons. The zero-order chi connectivity index (χ0) is 12.3. The van der Waals surface area contributed by atoms with E-state index in [0.29, 0.717) is 0 Å². The Hall–Kier alpha value is -1.75. The first-order valence-electron chi connectivity index (χ1n) is 5.53. The maximum atomic E-state index is 10.7. The van der Waals surface area contributed by atoms with Crippen LogP contribution in [-0.2, 0) is 4.79 Å². The van der Waals surface area contributed by atoms with Gasteiger partial charge in [0.1, 0.15) is 0 Å². The second kappa shape index (κ2) is 5.05. The van der Waals surface area contributed by atoms with Crippen molar-refractivity contribution in [2.45, 2.75) is 13.3 Å². The van der Waals surface area contributed by atoms with Gasteiger partial charge in [0.2, 0.25) is 5.88 Å². The number of aromatic nitrogens is 2. The lowest BCUT2D eigenvalue weighted by molar-refractivity contribution is -0.132. The van der Waals surface area contributed by atoms with Gasteiger partial charge in [-0.15, -0.1) is 0 Å². The SMILES string of the molecule is CC(=O)Oc1cnc(C2=CCN(C)CC2)cn1. The highest BCUT2D eigenvalue weighted by atomic mass is 16.5. The van der Waals surface area contributed by atoms with Crippen molar-refractivity contribution in [3.8, 4) is 5.88 Å². The van der Waals surface area contributed by atoms with Crippen LogP contribution in [0.15, 0.2) is 18.5 Å². The number of carbonyl (C=O) groups is 1. The van der Waals surface area contributed by atoms with Crippen molar-refractivity contribution in [1.82, 2.24) is 14.9 Å². The number of carbonyl (C=O) groups excluding carboxylic acids is 1. The van der Waals surface area contributed by atoms with E-state index in [0.717, 1.165) is 25.2 Å². The summed E-state index contributed by atoms with van der Waals surface area (Å²) in [6, 6.07) is 0. The molecule has 1 aliphatic rings. The molecule has 2 heterocycles. The third kappa shape index (κ3) is 3.10. The number of esters is 1. The lowest BCUT2D eigenvalue weighted by atomic mass is 10.1. The molecule has 0 spiro atoms. The van der Waals surface area contributed by atoms with Crippen LogP contribution in [0.1, 0.15) is 19.0 Å². The zero-order valence-corrected chi connectivity index (χ0v) is 10.0. The van der Waals surface area contributed by atoms with E-state index in [1.807, 2.05) is 0 Å². The molecule has 0 saturated heterocycles. The first-order chi connectivity index (χ1) is 8.15. The second-order valence-corrected chi connectivity index (χ2v) is 4.08. The van der Waals surface area contributed by atoms with Gasteiger partial charge >= 0.3 is 5.97 Å². The molecule has 0 bridgehead atoms. The summed E-state index contributed by atoms with van der Waals surface area (Å²) in [6.07, 6.45) is 6.25. The zero-order valence-electron chi connectivity index (χ0n) is 10.0. The number of rotatable bonds is 2. The van der Waals surface area contributed by atoms with Crippen LogP contribution in [-0.4, -0.2) is 41.0 Å². The molecule has 0 aliphatic carbocycles. The Morgan fingerprint density at radius 2 is 2.24 bits per heavy atom. The molecule has 1 aromatic rings. The van der Waals surface area contributed by atoms with Gasteiger partial charge in [0.15, 0.2) is 0 Å². The van der Waals surface area contributed by atoms with E-state index in [1.54, 1.807) is 6.20 Å². The molecule has 0 N–H and O–H groups in total. The monoisotopic (exact) mass is 233 g/mol. The number of likely N-dealkylation sites (N-methyl/N-ethyl adjacent to an activating group) is 1. The van der Waals surface area contributed by atoms with Crippen LogP contribution < -0.4 is 4.74 Å². The third-order valence-corrected chi connectivity index (χ3v) is 2.62. The van der Waals surface area contributed by atoms with E-state index in [2.05, 4.69) is 28.0 Å². The first-order valence-corrected chi connectivity index (χ1v) is 5.53. The van der Waals surface area contributed by atoms with Crippen LogP contribution in [0.2, 0.25) is 0 Å². The van der Waals surface area contributed by atoms with E-state index in [9.17, 15) is 4.79 Å². The van der Waals surface area contributed by atoms with Gasteiger partial charge in [-0.2, -0.15) is 0 Å². The molecule has 2 rings (SSSR count). The predicted octanol–water partition coefficient (Wildman–Crippen LogP) is 1.12. The Kier molecular flexibility index (Phi) is 3.49. The normalized spacial score (nSPS) is 16.5. The van der Waals surface area contributed by atoms with Crippen LogP contribution in [0.3, 0.4) is 0 Å². The van der Waals surface area contributed by atoms with Crippen molar-refractivity contribution >= 4 is 11.5 Å². The molecule has 5 nitrogen and oxygen atoms in total. The van der Waals surface area contributed by atoms with Gasteiger partial charge in [-0.1, -0.05) is 6.08 Å². The molecule has 0 saturated carbocycles. The summed E-state index contributed by atoms with van der Waals surface area (Å²) in [7, 11) is 2.09. The average Bonchev–Trinajstić information content (AvgIpc) is 2.30. The molecule has 90 valence electrons. The highest BCUT2D eigenvalue weighted by Gasteiger charge is 2.11. The molecule has 0 aromatic carbocycles. The minimum absolute atomic E-state index is 0.245. The number of nitrogens with zero attached hydrogens (tertiary/aromatic N) is 3. The van der Waals surface area contributed by atoms with Gasteiger partial charge < -0.3 is 9.64 Å². The first kappa shape index (κ1) is 11.7. The highest BCUT2D eigenvalue weighted by molar-refractivity contribution is 5.68. The predicted molar refractivity (Wildman–Crippen MR) is 63.4 cm³/mol. The highest BCUT2D eigenvalue weighted by Crippen LogP contribution is 2.20. The molecule has 17 heavy (non-hydrogen) atoms. The standard InChI is InChI=1S/C12H15N3O2/c1-9(16)17-12-8-13-11(7-14-12)10-3-5-15(2)6-4-10/h3,7-8H,4-6H2,1-2H3. The van der Waals surface area contributed by atoms with E-state index in [-0.39, 0.29) is 11.8 Å². The van der Waals surface area contributed by atoms with Crippen molar-refractivity contribution in [1.29, 1.82) is 0 Å². The number of hydrogen-bond acceptors (Lipinski definition) is 5. The van der Waals surface area contributed by atoms with Crippen molar-refractivity contribution in [2.75, 3.05) is 20.1 Å². The summed E-state index contributed by atoms with van der Waals surface area (Å²) in [6.45, 7) is 3.30. The van der Waals surface area contributed by atoms with Crippen molar-refractivity contribution < 1.29 is 9.53 Å². The molecule has 5 heteroatoms. The molecule has 0 amide bonds. The fourth-order valence-corrected chi connectivity index (χ4v) is 1.69. The fourth-order valence-electron chi connectivity index (χ4n) is 1.69. The number of hydrogen-bond donors (Lipinski definition) is 0. The van der Waals surface area contributed by atoms with Crippen molar-refractivity contribution in [3.63, 3.8) is 0 Å². The van der Waals surface area contributed by atoms with Crippen LogP contribution in [0.25, 0.3) is 5.57 Å². The molecule has 0 atom stereocenters. The largest absolute Gasteiger partial charge is 0.406 e. The van der Waals surface area contributed by atoms with Gasteiger partial charge in [-0.3, -0.25) is 4.79 Å². The summed E-state index contributed by atoms with van der Waals surface area (Å²) in [5, 5.41) is 0. The van der Waals surface area contributed by atoms with E-state index in [4.69, 9.17) is 4.74 Å². The third-order valence-electron chi connectivity index (χ3n) is 2.62. The smallest absolute Gasteiger partial charge is 0.309 e. The van der Waals surface area contributed by atoms with Crippen molar-refractivity contribution in [3.05, 3.63) is 24.2 Å². The second-order valence-electron chi connectivity index (χ2n) is 4.08. The average molecular weight is 233 g/mol. The minimum Gasteiger partial charge on any atom is -0.406 e. The molecular formula is C12H15N3O2. The fraction of sp³-hybridized carbons (Fsp3) is 0.417. The van der Waals surface area contributed by atoms with Crippen LogP contribution in [0, 0.1) is 0 Å². The number of ether oxygens (including phenoxy) is 1. The maximum absolute atomic E-state index is 10.7. The lowest BCUT2D eigenvalue weighted by Crippen LogP contribution is -2.23. The quantitative estimate of drug-likeness (QED) is 0.716. The Balaban J connectivity index is 2.10. The Bertz CT molecular complexity index is 440. The summed E-state index contributed by atoms with van der Waals surface area (Å²) < 4.78 is 4.83. The van der Waals surface area contributed by atoms with Crippen LogP contribution >= 0.6 is 0 Å². The molecule has 1 aromatic heterocycles. The molecule has 1 aliphatic heterocycles. The van der Waals surface area contributed by atoms with E-state index in [1.165, 1.54) is 18.7 Å². The Morgan fingerprint density at radius 1 is 1.41 bits per heavy atom. The van der Waals surface area contributed by atoms with E-state index < -0.39 is 0 Å². The van der Waals surface area contributed by atoms with E-state index >= 15 is 0 Å². The van der Waals surface area contributed by atoms with Gasteiger partial charge in [0.25, 0.3) is 0 Å². The summed E-state index contributed by atoms with van der Waals surface area (Å²) in [4.78, 5) is 21.3. The summed E-state index contributed by atoms with van der Waals surface area (Å²) in [5.41, 5.74) is 2.05. The topological polar surface area (TPSA) is 55.3 Å². The summed E-state index contributed by atoms with van der Waals surface area (Å²) >= 11 is 0. The minimum atomic E-state index is -0.384. The molecule has 0 unspecified atom stereocenters. The molecular weight excluding hydrogens is 218 g/mol. The summed E-state index contributed by atoms with van der Waals surface area (Å²) in [5.74, 6) is -0.139. The van der Waals surface area contributed by atoms with Gasteiger partial charge in [0, 0.05) is 20.0 Å². The molecule has 0 fully saturated rings. The Labute approximate surface area is 100 Å². The van der Waals surface area contributed by atoms with Gasteiger partial charge in [-0.25, -0.2) is 9.97 Å². The maximum Gasteiger partial charge on any atom is 0.309 e. The lowest BCUT2D eigenvalue weighted by Gasteiger charge is -2.21. The van der Waals surface area contributed by atoms with Crippen LogP contribution in [0.5, 0.6) is 5.88 Å². The Morgan fingerprint density at radius 3 is 2.76 bits per heavy atom. The van der Waals surface area contributed by atoms with Crippen LogP contribution in [0.4, 0.5) is 0 Å². The van der Waals surface area contributed by atoms with Crippen molar-refractivity contribution in [2.24, 2.45) is 0 Å². The van der Waals surface area contributed by atoms with Gasteiger partial charge in [0.05, 0.1) is 18.1 Å².